The third-order valence-electron chi connectivity index (χ3n) is 2.83. The van der Waals surface area contributed by atoms with Crippen LogP contribution in [0.2, 0.25) is 5.02 Å². The number of hydrogen-bond donors (Lipinski definition) is 1. The highest BCUT2D eigenvalue weighted by molar-refractivity contribution is 6.31. The monoisotopic (exact) mass is 316 g/mol. The van der Waals surface area contributed by atoms with Crippen molar-refractivity contribution in [1.82, 2.24) is 0 Å². The maximum atomic E-state index is 12.6. The first kappa shape index (κ1) is 15.7. The molecule has 0 aliphatic rings. The van der Waals surface area contributed by atoms with E-state index in [-0.39, 0.29) is 12.4 Å². The Morgan fingerprint density at radius 3 is 2.48 bits per heavy atom. The molecule has 112 valence electrons. The van der Waals surface area contributed by atoms with Gasteiger partial charge in [0.05, 0.1) is 5.56 Å². The number of ether oxygens (including phenoxy) is 1. The van der Waals surface area contributed by atoms with Gasteiger partial charge in [0.2, 0.25) is 0 Å². The second-order valence-electron chi connectivity index (χ2n) is 4.37. The maximum absolute atomic E-state index is 12.6. The van der Waals surface area contributed by atoms with E-state index in [1.54, 1.807) is 24.3 Å². The summed E-state index contributed by atoms with van der Waals surface area (Å²) in [6.45, 7) is -0.189. The van der Waals surface area contributed by atoms with Gasteiger partial charge in [0.25, 0.3) is 0 Å². The van der Waals surface area contributed by atoms with Crippen molar-refractivity contribution in [1.29, 1.82) is 0 Å². The lowest BCUT2D eigenvalue weighted by Crippen LogP contribution is -2.11. The molecule has 1 unspecified atom stereocenters. The fraction of sp³-hybridized carbons (Fsp3) is 0.200. The number of alkyl halides is 3. The second-order valence-corrected chi connectivity index (χ2v) is 4.78. The zero-order valence-corrected chi connectivity index (χ0v) is 11.5. The van der Waals surface area contributed by atoms with Gasteiger partial charge in [0.1, 0.15) is 18.5 Å². The summed E-state index contributed by atoms with van der Waals surface area (Å²) in [5.74, 6) is 0.0379. The van der Waals surface area contributed by atoms with Gasteiger partial charge in [-0.1, -0.05) is 35.9 Å². The normalized spacial score (nSPS) is 13.0. The van der Waals surface area contributed by atoms with Crippen LogP contribution in [-0.2, 0) is 6.18 Å². The molecule has 2 nitrogen and oxygen atoms in total. The number of benzene rings is 2. The third kappa shape index (κ3) is 4.12. The van der Waals surface area contributed by atoms with Crippen molar-refractivity contribution in [3.05, 3.63) is 64.7 Å². The van der Waals surface area contributed by atoms with Crippen molar-refractivity contribution < 1.29 is 23.0 Å². The number of rotatable bonds is 4. The smallest absolute Gasteiger partial charge is 0.416 e. The molecule has 0 heterocycles. The fourth-order valence-corrected chi connectivity index (χ4v) is 2.03. The van der Waals surface area contributed by atoms with Gasteiger partial charge in [-0.2, -0.15) is 13.2 Å². The molecule has 21 heavy (non-hydrogen) atoms. The van der Waals surface area contributed by atoms with E-state index in [9.17, 15) is 18.3 Å². The Morgan fingerprint density at radius 2 is 1.81 bits per heavy atom. The van der Waals surface area contributed by atoms with E-state index in [2.05, 4.69) is 0 Å². The van der Waals surface area contributed by atoms with E-state index in [0.29, 0.717) is 10.6 Å². The predicted octanol–water partition coefficient (Wildman–Crippen LogP) is 4.47. The van der Waals surface area contributed by atoms with Crippen LogP contribution < -0.4 is 4.74 Å². The molecule has 0 saturated heterocycles. The van der Waals surface area contributed by atoms with Crippen molar-refractivity contribution >= 4 is 11.6 Å². The average Bonchev–Trinajstić information content (AvgIpc) is 2.45. The summed E-state index contributed by atoms with van der Waals surface area (Å²) >= 11 is 5.92. The van der Waals surface area contributed by atoms with Crippen LogP contribution in [-0.4, -0.2) is 11.7 Å². The van der Waals surface area contributed by atoms with Gasteiger partial charge in [-0.25, -0.2) is 0 Å². The van der Waals surface area contributed by atoms with Gasteiger partial charge in [0, 0.05) is 10.6 Å². The Kier molecular flexibility index (Phi) is 4.75. The van der Waals surface area contributed by atoms with Crippen molar-refractivity contribution in [2.75, 3.05) is 6.61 Å². The molecule has 0 aliphatic carbocycles. The fourth-order valence-electron chi connectivity index (χ4n) is 1.77. The minimum absolute atomic E-state index is 0.0379. The van der Waals surface area contributed by atoms with Crippen LogP contribution in [0.5, 0.6) is 5.75 Å². The number of aliphatic hydroxyl groups is 1. The minimum Gasteiger partial charge on any atom is -0.491 e. The molecule has 0 amide bonds. The molecular weight excluding hydrogens is 305 g/mol. The molecule has 0 radical (unpaired) electrons. The van der Waals surface area contributed by atoms with Gasteiger partial charge in [-0.05, 0) is 24.3 Å². The Balaban J connectivity index is 2.05. The van der Waals surface area contributed by atoms with Crippen molar-refractivity contribution in [3.8, 4) is 5.75 Å². The molecule has 6 heteroatoms. The molecule has 0 fully saturated rings. The molecule has 0 saturated carbocycles. The van der Waals surface area contributed by atoms with Crippen LogP contribution in [0.3, 0.4) is 0 Å². The van der Waals surface area contributed by atoms with E-state index in [0.717, 1.165) is 12.1 Å². The highest BCUT2D eigenvalue weighted by Gasteiger charge is 2.30. The first-order chi connectivity index (χ1) is 9.88. The lowest BCUT2D eigenvalue weighted by atomic mass is 10.1. The van der Waals surface area contributed by atoms with Crippen LogP contribution in [0, 0.1) is 0 Å². The number of hydrogen-bond acceptors (Lipinski definition) is 2. The molecule has 1 atom stereocenters. The Hall–Kier alpha value is -1.72. The second kappa shape index (κ2) is 6.37. The molecule has 0 aliphatic heterocycles. The van der Waals surface area contributed by atoms with Crippen molar-refractivity contribution in [2.24, 2.45) is 0 Å². The summed E-state index contributed by atoms with van der Waals surface area (Å²) in [6.07, 6.45) is -5.45. The Labute approximate surface area is 124 Å². The van der Waals surface area contributed by atoms with Crippen LogP contribution in [0.1, 0.15) is 17.2 Å². The highest BCUT2D eigenvalue weighted by Crippen LogP contribution is 2.31. The summed E-state index contributed by atoms with van der Waals surface area (Å²) in [4.78, 5) is 0. The van der Waals surface area contributed by atoms with E-state index in [1.165, 1.54) is 12.1 Å². The quantitative estimate of drug-likeness (QED) is 0.901. The first-order valence-corrected chi connectivity index (χ1v) is 6.48. The van der Waals surface area contributed by atoms with Gasteiger partial charge in [-0.3, -0.25) is 0 Å². The summed E-state index contributed by atoms with van der Waals surface area (Å²) < 4.78 is 42.9. The largest absolute Gasteiger partial charge is 0.491 e. The van der Waals surface area contributed by atoms with Gasteiger partial charge in [-0.15, -0.1) is 0 Å². The highest BCUT2D eigenvalue weighted by atomic mass is 35.5. The molecular formula is C15H12ClF3O2. The SMILES string of the molecule is OC(COc1cccc(C(F)(F)F)c1)c1ccccc1Cl. The van der Waals surface area contributed by atoms with E-state index in [1.807, 2.05) is 0 Å². The number of halogens is 4. The maximum Gasteiger partial charge on any atom is 0.416 e. The van der Waals surface area contributed by atoms with Crippen LogP contribution in [0.4, 0.5) is 13.2 Å². The van der Waals surface area contributed by atoms with Gasteiger partial charge >= 0.3 is 6.18 Å². The lowest BCUT2D eigenvalue weighted by Gasteiger charge is -2.15. The first-order valence-electron chi connectivity index (χ1n) is 6.10. The molecule has 1 N–H and O–H groups in total. The zero-order chi connectivity index (χ0) is 15.5. The Morgan fingerprint density at radius 1 is 1.10 bits per heavy atom. The molecule has 2 rings (SSSR count). The Bertz CT molecular complexity index is 614. The average molecular weight is 317 g/mol. The van der Waals surface area contributed by atoms with E-state index >= 15 is 0 Å². The zero-order valence-electron chi connectivity index (χ0n) is 10.8. The topological polar surface area (TPSA) is 29.5 Å². The van der Waals surface area contributed by atoms with E-state index < -0.39 is 17.8 Å². The minimum atomic E-state index is -4.43. The molecule has 0 spiro atoms. The summed E-state index contributed by atoms with van der Waals surface area (Å²) in [6, 6.07) is 11.2. The van der Waals surface area contributed by atoms with Gasteiger partial charge in [0.15, 0.2) is 0 Å². The molecule has 0 bridgehead atoms. The number of aliphatic hydroxyl groups excluding tert-OH is 1. The summed E-state index contributed by atoms with van der Waals surface area (Å²) in [7, 11) is 0. The van der Waals surface area contributed by atoms with Crippen molar-refractivity contribution in [2.45, 2.75) is 12.3 Å². The summed E-state index contributed by atoms with van der Waals surface area (Å²) in [5.41, 5.74) is -0.335. The molecule has 0 aromatic heterocycles. The summed E-state index contributed by atoms with van der Waals surface area (Å²) in [5, 5.41) is 10.3. The van der Waals surface area contributed by atoms with Crippen LogP contribution in [0.25, 0.3) is 0 Å². The van der Waals surface area contributed by atoms with Crippen LogP contribution in [0.15, 0.2) is 48.5 Å². The van der Waals surface area contributed by atoms with Crippen LogP contribution >= 0.6 is 11.6 Å². The predicted molar refractivity (Wildman–Crippen MR) is 73.4 cm³/mol. The molecule has 2 aromatic carbocycles. The van der Waals surface area contributed by atoms with Crippen molar-refractivity contribution in [3.63, 3.8) is 0 Å². The molecule has 2 aromatic rings. The standard InChI is InChI=1S/C15H12ClF3O2/c16-13-7-2-1-6-12(13)14(20)9-21-11-5-3-4-10(8-11)15(17,18)19/h1-8,14,20H,9H2. The third-order valence-corrected chi connectivity index (χ3v) is 3.18. The van der Waals surface area contributed by atoms with Gasteiger partial charge < -0.3 is 9.84 Å². The lowest BCUT2D eigenvalue weighted by molar-refractivity contribution is -0.137. The van der Waals surface area contributed by atoms with E-state index in [4.69, 9.17) is 16.3 Å².